The number of hydrogen-bond donors (Lipinski definition) is 2. The van der Waals surface area contributed by atoms with E-state index in [1.54, 1.807) is 18.2 Å². The van der Waals surface area contributed by atoms with Crippen molar-refractivity contribution in [2.75, 3.05) is 11.9 Å². The first-order chi connectivity index (χ1) is 12.2. The van der Waals surface area contributed by atoms with Gasteiger partial charge in [-0.1, -0.05) is 25.0 Å². The number of fused-ring (bicyclic) bond motifs is 1. The predicted molar refractivity (Wildman–Crippen MR) is 94.1 cm³/mol. The molecule has 1 heterocycles. The summed E-state index contributed by atoms with van der Waals surface area (Å²) in [5, 5.41) is 7.62. The Morgan fingerprint density at radius 2 is 1.77 bits per heavy atom. The Morgan fingerprint density at radius 3 is 2.35 bits per heavy atom. The second-order valence-corrected chi connectivity index (χ2v) is 8.43. The van der Waals surface area contributed by atoms with Crippen LogP contribution >= 0.6 is 0 Å². The monoisotopic (exact) mass is 379 g/mol. The minimum atomic E-state index is -3.68. The Hall–Kier alpha value is -2.26. The SMILES string of the molecule is NS(=O)(=O)Cc1cccc(NC(=O)CN2C(=O)C3CCCCC3C2=O)c1. The van der Waals surface area contributed by atoms with Gasteiger partial charge in [-0.15, -0.1) is 0 Å². The number of rotatable bonds is 5. The number of carbonyl (C=O) groups is 3. The van der Waals surface area contributed by atoms with Gasteiger partial charge in [0, 0.05) is 5.69 Å². The van der Waals surface area contributed by atoms with E-state index < -0.39 is 15.9 Å². The van der Waals surface area contributed by atoms with Gasteiger partial charge < -0.3 is 5.32 Å². The Kier molecular flexibility index (Phi) is 5.10. The molecule has 1 saturated heterocycles. The van der Waals surface area contributed by atoms with Crippen LogP contribution in [-0.2, 0) is 30.2 Å². The van der Waals surface area contributed by atoms with Crippen molar-refractivity contribution in [1.82, 2.24) is 4.90 Å². The number of likely N-dealkylation sites (tertiary alicyclic amines) is 1. The molecule has 0 radical (unpaired) electrons. The predicted octanol–water partition coefficient (Wildman–Crippen LogP) is 0.589. The van der Waals surface area contributed by atoms with E-state index in [0.717, 1.165) is 17.7 Å². The summed E-state index contributed by atoms with van der Waals surface area (Å²) in [6, 6.07) is 6.27. The minimum absolute atomic E-state index is 0.266. The fourth-order valence-electron chi connectivity index (χ4n) is 3.70. The van der Waals surface area contributed by atoms with Crippen molar-refractivity contribution in [2.45, 2.75) is 31.4 Å². The Balaban J connectivity index is 1.65. The lowest BCUT2D eigenvalue weighted by Crippen LogP contribution is -2.38. The highest BCUT2D eigenvalue weighted by atomic mass is 32.2. The highest BCUT2D eigenvalue weighted by Crippen LogP contribution is 2.37. The van der Waals surface area contributed by atoms with Gasteiger partial charge in [0.2, 0.25) is 27.7 Å². The van der Waals surface area contributed by atoms with Crippen molar-refractivity contribution in [3.63, 3.8) is 0 Å². The standard InChI is InChI=1S/C17H21N3O5S/c18-26(24,25)10-11-4-3-5-12(8-11)19-15(21)9-20-16(22)13-6-1-2-7-14(13)17(20)23/h3-5,8,13-14H,1-2,6-7,9-10H2,(H,19,21)(H2,18,24,25). The lowest BCUT2D eigenvalue weighted by Gasteiger charge is -2.19. The summed E-state index contributed by atoms with van der Waals surface area (Å²) in [4.78, 5) is 38.1. The zero-order valence-electron chi connectivity index (χ0n) is 14.2. The van der Waals surface area contributed by atoms with Crippen LogP contribution < -0.4 is 10.5 Å². The molecule has 9 heteroatoms. The Labute approximate surface area is 151 Å². The molecule has 0 spiro atoms. The van der Waals surface area contributed by atoms with Crippen LogP contribution in [0.3, 0.4) is 0 Å². The second-order valence-electron chi connectivity index (χ2n) is 6.82. The highest BCUT2D eigenvalue weighted by molar-refractivity contribution is 7.88. The van der Waals surface area contributed by atoms with Crippen LogP contribution in [0.4, 0.5) is 5.69 Å². The van der Waals surface area contributed by atoms with Gasteiger partial charge in [-0.3, -0.25) is 19.3 Å². The first kappa shape index (κ1) is 18.5. The molecule has 1 aliphatic carbocycles. The molecule has 1 aromatic carbocycles. The van der Waals surface area contributed by atoms with Gasteiger partial charge >= 0.3 is 0 Å². The lowest BCUT2D eigenvalue weighted by molar-refractivity contribution is -0.142. The maximum absolute atomic E-state index is 12.4. The van der Waals surface area contributed by atoms with Crippen molar-refractivity contribution in [3.05, 3.63) is 29.8 Å². The van der Waals surface area contributed by atoms with E-state index in [2.05, 4.69) is 5.32 Å². The number of primary sulfonamides is 1. The van der Waals surface area contributed by atoms with E-state index in [0.29, 0.717) is 24.1 Å². The summed E-state index contributed by atoms with van der Waals surface area (Å²) >= 11 is 0. The summed E-state index contributed by atoms with van der Waals surface area (Å²) in [5.41, 5.74) is 0.817. The molecule has 140 valence electrons. The number of sulfonamides is 1. The molecule has 0 bridgehead atoms. The summed E-state index contributed by atoms with van der Waals surface area (Å²) in [7, 11) is -3.68. The van der Waals surface area contributed by atoms with E-state index >= 15 is 0 Å². The van der Waals surface area contributed by atoms with Gasteiger partial charge in [0.15, 0.2) is 0 Å². The molecule has 0 aromatic heterocycles. The first-order valence-corrected chi connectivity index (χ1v) is 10.2. The molecule has 3 N–H and O–H groups in total. The third-order valence-corrected chi connectivity index (χ3v) is 5.55. The number of anilines is 1. The van der Waals surface area contributed by atoms with E-state index in [4.69, 9.17) is 5.14 Å². The van der Waals surface area contributed by atoms with Gasteiger partial charge in [-0.05, 0) is 30.5 Å². The number of imide groups is 1. The van der Waals surface area contributed by atoms with E-state index in [-0.39, 0.29) is 35.9 Å². The molecular weight excluding hydrogens is 358 g/mol. The fraction of sp³-hybridized carbons (Fsp3) is 0.471. The number of hydrogen-bond acceptors (Lipinski definition) is 5. The molecule has 1 aliphatic heterocycles. The minimum Gasteiger partial charge on any atom is -0.325 e. The van der Waals surface area contributed by atoms with Gasteiger partial charge in [-0.25, -0.2) is 13.6 Å². The van der Waals surface area contributed by atoms with Crippen LogP contribution in [0.2, 0.25) is 0 Å². The molecule has 2 aliphatic rings. The normalized spacial score (nSPS) is 23.0. The molecule has 3 amide bonds. The van der Waals surface area contributed by atoms with Crippen molar-refractivity contribution >= 4 is 33.4 Å². The average molecular weight is 379 g/mol. The molecule has 1 aromatic rings. The van der Waals surface area contributed by atoms with Crippen molar-refractivity contribution in [2.24, 2.45) is 17.0 Å². The maximum Gasteiger partial charge on any atom is 0.244 e. The van der Waals surface area contributed by atoms with Gasteiger partial charge in [0.1, 0.15) is 6.54 Å². The van der Waals surface area contributed by atoms with Crippen LogP contribution in [0.5, 0.6) is 0 Å². The smallest absolute Gasteiger partial charge is 0.244 e. The largest absolute Gasteiger partial charge is 0.325 e. The van der Waals surface area contributed by atoms with Crippen molar-refractivity contribution in [1.29, 1.82) is 0 Å². The number of nitrogens with two attached hydrogens (primary N) is 1. The highest BCUT2D eigenvalue weighted by Gasteiger charge is 2.48. The number of nitrogens with one attached hydrogen (secondary N) is 1. The number of benzene rings is 1. The number of amides is 3. The van der Waals surface area contributed by atoms with Crippen LogP contribution in [0.1, 0.15) is 31.2 Å². The van der Waals surface area contributed by atoms with Gasteiger partial charge in [0.05, 0.1) is 17.6 Å². The third kappa shape index (κ3) is 4.10. The van der Waals surface area contributed by atoms with Crippen molar-refractivity contribution in [3.8, 4) is 0 Å². The lowest BCUT2D eigenvalue weighted by atomic mass is 9.81. The van der Waals surface area contributed by atoms with Gasteiger partial charge in [0.25, 0.3) is 0 Å². The zero-order valence-corrected chi connectivity index (χ0v) is 15.0. The molecule has 26 heavy (non-hydrogen) atoms. The Bertz CT molecular complexity index is 828. The van der Waals surface area contributed by atoms with Crippen LogP contribution in [-0.4, -0.2) is 37.6 Å². The maximum atomic E-state index is 12.4. The van der Waals surface area contributed by atoms with E-state index in [1.165, 1.54) is 6.07 Å². The third-order valence-electron chi connectivity index (χ3n) is 4.81. The molecule has 2 unspecified atom stereocenters. The molecule has 1 saturated carbocycles. The van der Waals surface area contributed by atoms with Crippen molar-refractivity contribution < 1.29 is 22.8 Å². The van der Waals surface area contributed by atoms with E-state index in [1.807, 2.05) is 0 Å². The van der Waals surface area contributed by atoms with Crippen LogP contribution in [0.25, 0.3) is 0 Å². The summed E-state index contributed by atoms with van der Waals surface area (Å²) in [6.07, 6.45) is 3.25. The molecule has 2 fully saturated rings. The average Bonchev–Trinajstić information content (AvgIpc) is 2.79. The number of carbonyl (C=O) groups excluding carboxylic acids is 3. The topological polar surface area (TPSA) is 127 Å². The summed E-state index contributed by atoms with van der Waals surface area (Å²) in [5.74, 6) is -1.96. The zero-order chi connectivity index (χ0) is 18.9. The summed E-state index contributed by atoms with van der Waals surface area (Å²) < 4.78 is 22.3. The molecule has 2 atom stereocenters. The van der Waals surface area contributed by atoms with Crippen LogP contribution in [0.15, 0.2) is 24.3 Å². The molecule has 8 nitrogen and oxygen atoms in total. The fourth-order valence-corrected chi connectivity index (χ4v) is 4.35. The second kappa shape index (κ2) is 7.16. The van der Waals surface area contributed by atoms with E-state index in [9.17, 15) is 22.8 Å². The molecule has 3 rings (SSSR count). The Morgan fingerprint density at radius 1 is 1.15 bits per heavy atom. The molecular formula is C17H21N3O5S. The summed E-state index contributed by atoms with van der Waals surface area (Å²) in [6.45, 7) is -0.329. The van der Waals surface area contributed by atoms with Crippen LogP contribution in [0, 0.1) is 11.8 Å². The quantitative estimate of drug-likeness (QED) is 0.724. The first-order valence-electron chi connectivity index (χ1n) is 8.49. The van der Waals surface area contributed by atoms with Gasteiger partial charge in [-0.2, -0.15) is 0 Å². The number of nitrogens with zero attached hydrogens (tertiary/aromatic N) is 1.